The molecule has 0 spiro atoms. The van der Waals surface area contributed by atoms with Crippen molar-refractivity contribution >= 4 is 35.6 Å². The molecule has 8 heteroatoms. The zero-order chi connectivity index (χ0) is 20.3. The van der Waals surface area contributed by atoms with Crippen LogP contribution in [0.4, 0.5) is 0 Å². The van der Waals surface area contributed by atoms with Gasteiger partial charge in [0, 0.05) is 5.56 Å². The largest absolute Gasteiger partial charge is 0.478 e. The van der Waals surface area contributed by atoms with Crippen LogP contribution in [-0.2, 0) is 9.59 Å². The van der Waals surface area contributed by atoms with E-state index in [1.165, 1.54) is 18.3 Å². The Balaban J connectivity index is 1.35. The fraction of sp³-hybridized carbons (Fsp3) is 0.238. The average molecular weight is 411 g/mol. The van der Waals surface area contributed by atoms with Crippen molar-refractivity contribution in [1.82, 2.24) is 5.01 Å². The lowest BCUT2D eigenvalue weighted by molar-refractivity contribution is -0.140. The van der Waals surface area contributed by atoms with Crippen molar-refractivity contribution < 1.29 is 23.9 Å². The summed E-state index contributed by atoms with van der Waals surface area (Å²) in [5, 5.41) is 14.2. The second kappa shape index (κ2) is 6.42. The highest BCUT2D eigenvalue weighted by Crippen LogP contribution is 2.52. The van der Waals surface area contributed by atoms with Gasteiger partial charge >= 0.3 is 5.97 Å². The zero-order valence-electron chi connectivity index (χ0n) is 15.0. The van der Waals surface area contributed by atoms with E-state index in [2.05, 4.69) is 5.10 Å². The van der Waals surface area contributed by atoms with Crippen LogP contribution in [0.25, 0.3) is 11.3 Å². The smallest absolute Gasteiger partial charge is 0.337 e. The lowest BCUT2D eigenvalue weighted by Gasteiger charge is -2.13. The van der Waals surface area contributed by atoms with E-state index in [9.17, 15) is 14.4 Å². The molecule has 4 atom stereocenters. The van der Waals surface area contributed by atoms with Crippen molar-refractivity contribution in [3.63, 3.8) is 0 Å². The molecule has 0 unspecified atom stereocenters. The van der Waals surface area contributed by atoms with E-state index in [0.717, 1.165) is 11.4 Å². The van der Waals surface area contributed by atoms with Gasteiger partial charge in [0.05, 0.1) is 28.6 Å². The molecule has 1 N–H and O–H groups in total. The molecule has 3 aliphatic rings. The third-order valence-corrected chi connectivity index (χ3v) is 6.17. The molecule has 1 saturated carbocycles. The van der Waals surface area contributed by atoms with Crippen LogP contribution in [0.15, 0.2) is 52.0 Å². The van der Waals surface area contributed by atoms with E-state index in [0.29, 0.717) is 17.1 Å². The summed E-state index contributed by atoms with van der Waals surface area (Å²) in [5.41, 5.74) is 0.606. The monoisotopic (exact) mass is 410 g/mol. The highest BCUT2D eigenvalue weighted by molar-refractivity contribution is 6.33. The normalized spacial score (nSPS) is 27.4. The Bertz CT molecular complexity index is 1090. The number of fused-ring (bicyclic) bond motifs is 5. The van der Waals surface area contributed by atoms with Crippen molar-refractivity contribution in [3.8, 4) is 11.3 Å². The van der Waals surface area contributed by atoms with Crippen LogP contribution in [0, 0.1) is 23.7 Å². The number of benzene rings is 1. The van der Waals surface area contributed by atoms with E-state index in [4.69, 9.17) is 21.1 Å². The van der Waals surface area contributed by atoms with Gasteiger partial charge in [-0.2, -0.15) is 10.1 Å². The highest BCUT2D eigenvalue weighted by Gasteiger charge is 2.59. The van der Waals surface area contributed by atoms with Gasteiger partial charge in [-0.25, -0.2) is 4.79 Å². The lowest BCUT2D eigenvalue weighted by atomic mass is 9.85. The van der Waals surface area contributed by atoms with Crippen LogP contribution in [-0.4, -0.2) is 34.1 Å². The number of aromatic carboxylic acids is 1. The summed E-state index contributed by atoms with van der Waals surface area (Å²) in [6.07, 6.45) is 6.27. The average Bonchev–Trinajstić information content (AvgIpc) is 3.45. The minimum atomic E-state index is -1.11. The summed E-state index contributed by atoms with van der Waals surface area (Å²) < 4.78 is 5.69. The number of carboxylic acids is 1. The molecule has 29 heavy (non-hydrogen) atoms. The van der Waals surface area contributed by atoms with Crippen molar-refractivity contribution in [2.45, 2.75) is 6.42 Å². The number of imide groups is 1. The minimum absolute atomic E-state index is 0.00354. The summed E-state index contributed by atoms with van der Waals surface area (Å²) in [5.74, 6) is -1.12. The van der Waals surface area contributed by atoms with E-state index in [1.54, 1.807) is 18.2 Å². The molecular formula is C21H15ClN2O5. The zero-order valence-corrected chi connectivity index (χ0v) is 15.7. The predicted octanol–water partition coefficient (Wildman–Crippen LogP) is 3.44. The second-order valence-corrected chi connectivity index (χ2v) is 7.84. The number of hydrazone groups is 1. The van der Waals surface area contributed by atoms with E-state index in [1.807, 2.05) is 12.2 Å². The Labute approximate surface area is 170 Å². The first-order chi connectivity index (χ1) is 13.9. The molecule has 1 aromatic carbocycles. The Morgan fingerprint density at radius 1 is 1.14 bits per heavy atom. The summed E-state index contributed by atoms with van der Waals surface area (Å²) in [6, 6.07) is 7.82. The Kier molecular flexibility index (Phi) is 3.96. The van der Waals surface area contributed by atoms with Crippen LogP contribution in [0.1, 0.15) is 22.5 Å². The quantitative estimate of drug-likeness (QED) is 0.472. The minimum Gasteiger partial charge on any atom is -0.478 e. The molecule has 2 aromatic rings. The lowest BCUT2D eigenvalue weighted by Crippen LogP contribution is -2.28. The molecule has 5 rings (SSSR count). The van der Waals surface area contributed by atoms with Gasteiger partial charge in [-0.3, -0.25) is 9.59 Å². The number of nitrogens with zero attached hydrogens (tertiary/aromatic N) is 2. The SMILES string of the molecule is O=C(O)c1ccc(-c2ccc(/C=N\N3C(=O)[C@H]4[C@H](C3=O)[C@H]3C=C[C@H]4C3)o2)cc1Cl. The molecule has 0 radical (unpaired) electrons. The van der Waals surface area contributed by atoms with Crippen molar-refractivity contribution in [2.24, 2.45) is 28.8 Å². The summed E-state index contributed by atoms with van der Waals surface area (Å²) in [4.78, 5) is 36.3. The number of hydrogen-bond acceptors (Lipinski definition) is 5. The van der Waals surface area contributed by atoms with E-state index >= 15 is 0 Å². The van der Waals surface area contributed by atoms with Crippen LogP contribution >= 0.6 is 11.6 Å². The molecule has 1 aromatic heterocycles. The topological polar surface area (TPSA) is 100 Å². The number of carbonyl (C=O) groups is 3. The van der Waals surface area contributed by atoms with Crippen molar-refractivity contribution in [1.29, 1.82) is 0 Å². The first-order valence-electron chi connectivity index (χ1n) is 9.17. The second-order valence-electron chi connectivity index (χ2n) is 7.43. The number of rotatable bonds is 4. The Hall–Kier alpha value is -3.19. The van der Waals surface area contributed by atoms with E-state index in [-0.39, 0.29) is 46.1 Å². The number of amides is 2. The Morgan fingerprint density at radius 2 is 1.83 bits per heavy atom. The van der Waals surface area contributed by atoms with Gasteiger partial charge in [0.25, 0.3) is 11.8 Å². The fourth-order valence-electron chi connectivity index (χ4n) is 4.53. The number of carbonyl (C=O) groups excluding carboxylic acids is 2. The van der Waals surface area contributed by atoms with Crippen molar-refractivity contribution in [2.75, 3.05) is 0 Å². The van der Waals surface area contributed by atoms with Crippen LogP contribution in [0.3, 0.4) is 0 Å². The highest BCUT2D eigenvalue weighted by atomic mass is 35.5. The molecule has 1 aliphatic heterocycles. The number of hydrogen-bond donors (Lipinski definition) is 1. The molecule has 1 saturated heterocycles. The maximum Gasteiger partial charge on any atom is 0.337 e. The van der Waals surface area contributed by atoms with Gasteiger partial charge < -0.3 is 9.52 Å². The molecule has 7 nitrogen and oxygen atoms in total. The van der Waals surface area contributed by atoms with Crippen molar-refractivity contribution in [3.05, 3.63) is 58.8 Å². The van der Waals surface area contributed by atoms with Gasteiger partial charge in [0.15, 0.2) is 0 Å². The number of furan rings is 1. The third kappa shape index (κ3) is 2.73. The molecule has 2 bridgehead atoms. The fourth-order valence-corrected chi connectivity index (χ4v) is 4.80. The summed E-state index contributed by atoms with van der Waals surface area (Å²) in [7, 11) is 0. The first kappa shape index (κ1) is 17.9. The Morgan fingerprint density at radius 3 is 2.45 bits per heavy atom. The van der Waals surface area contributed by atoms with Gasteiger partial charge in [0.2, 0.25) is 0 Å². The van der Waals surface area contributed by atoms with Crippen LogP contribution < -0.4 is 0 Å². The van der Waals surface area contributed by atoms with Gasteiger partial charge in [0.1, 0.15) is 11.5 Å². The third-order valence-electron chi connectivity index (χ3n) is 5.86. The van der Waals surface area contributed by atoms with E-state index < -0.39 is 5.97 Å². The van der Waals surface area contributed by atoms with Crippen LogP contribution in [0.2, 0.25) is 5.02 Å². The maximum absolute atomic E-state index is 12.6. The van der Waals surface area contributed by atoms with Gasteiger partial charge in [-0.05, 0) is 42.5 Å². The number of allylic oxidation sites excluding steroid dienone is 2. The molecule has 2 heterocycles. The number of carboxylic acid groups (broad SMARTS) is 1. The summed E-state index contributed by atoms with van der Waals surface area (Å²) >= 11 is 6.00. The summed E-state index contributed by atoms with van der Waals surface area (Å²) in [6.45, 7) is 0. The molecule has 146 valence electrons. The first-order valence-corrected chi connectivity index (χ1v) is 9.55. The number of halogens is 1. The molecule has 2 aliphatic carbocycles. The molecular weight excluding hydrogens is 396 g/mol. The maximum atomic E-state index is 12.6. The molecule has 2 fully saturated rings. The van der Waals surface area contributed by atoms with Gasteiger partial charge in [-0.1, -0.05) is 29.8 Å². The van der Waals surface area contributed by atoms with Crippen LogP contribution in [0.5, 0.6) is 0 Å². The standard InChI is InChI=1S/C21H15ClN2O5/c22-15-8-10(3-5-14(15)21(27)28)16-6-4-13(29-16)9-23-24-19(25)17-11-1-2-12(7-11)18(17)20(24)26/h1-6,8-9,11-12,17-18H,7H2,(H,27,28)/b23-9-/t11-,12-,17+,18+/m0/s1. The predicted molar refractivity (Wildman–Crippen MR) is 103 cm³/mol. The van der Waals surface area contributed by atoms with Gasteiger partial charge in [-0.15, -0.1) is 0 Å². The molecule has 2 amide bonds.